The Hall–Kier alpha value is -3.79. The molecule has 1 N–H and O–H groups in total. The van der Waals surface area contributed by atoms with E-state index < -0.39 is 11.7 Å². The van der Waals surface area contributed by atoms with Crippen LogP contribution in [0.25, 0.3) is 5.82 Å². The summed E-state index contributed by atoms with van der Waals surface area (Å²) in [6.45, 7) is 1.88. The number of carbonyl (C=O) groups is 1. The molecule has 4 rings (SSSR count). The zero-order valence-corrected chi connectivity index (χ0v) is 17.6. The highest BCUT2D eigenvalue weighted by molar-refractivity contribution is 7.99. The summed E-state index contributed by atoms with van der Waals surface area (Å²) in [5, 5.41) is 15.1. The third kappa shape index (κ3) is 5.27. The van der Waals surface area contributed by atoms with Gasteiger partial charge in [-0.1, -0.05) is 23.9 Å². The van der Waals surface area contributed by atoms with Crippen LogP contribution in [0.1, 0.15) is 16.1 Å². The first-order valence-corrected chi connectivity index (χ1v) is 10.4. The van der Waals surface area contributed by atoms with Crippen molar-refractivity contribution in [2.75, 3.05) is 5.32 Å². The van der Waals surface area contributed by atoms with Gasteiger partial charge >= 0.3 is 0 Å². The number of thioether (sulfide) groups is 1. The lowest BCUT2D eigenvalue weighted by atomic mass is 10.2. The summed E-state index contributed by atoms with van der Waals surface area (Å²) in [6.07, 6.45) is 1.79. The van der Waals surface area contributed by atoms with Gasteiger partial charge in [-0.2, -0.15) is 13.9 Å². The second-order valence-electron chi connectivity index (χ2n) is 6.59. The van der Waals surface area contributed by atoms with E-state index in [-0.39, 0.29) is 10.5 Å². The molecule has 2 heterocycles. The van der Waals surface area contributed by atoms with Crippen LogP contribution in [0.5, 0.6) is 11.6 Å². The lowest BCUT2D eigenvalue weighted by Crippen LogP contribution is -2.13. The van der Waals surface area contributed by atoms with Gasteiger partial charge in [-0.15, -0.1) is 10.2 Å². The van der Waals surface area contributed by atoms with E-state index >= 15 is 0 Å². The zero-order chi connectivity index (χ0) is 22.5. The van der Waals surface area contributed by atoms with Crippen LogP contribution in [0.3, 0.4) is 0 Å². The molecule has 2 aromatic heterocycles. The van der Waals surface area contributed by atoms with Gasteiger partial charge in [-0.25, -0.2) is 4.68 Å². The van der Waals surface area contributed by atoms with E-state index in [1.165, 1.54) is 12.1 Å². The molecule has 0 fully saturated rings. The van der Waals surface area contributed by atoms with Gasteiger partial charge < -0.3 is 10.1 Å². The Balaban J connectivity index is 1.40. The van der Waals surface area contributed by atoms with Crippen LogP contribution in [0.15, 0.2) is 77.8 Å². The van der Waals surface area contributed by atoms with Crippen molar-refractivity contribution in [1.82, 2.24) is 20.0 Å². The molecular formula is C22H17F2N5O2S. The topological polar surface area (TPSA) is 81.9 Å². The first-order chi connectivity index (χ1) is 15.5. The number of aromatic nitrogens is 4. The van der Waals surface area contributed by atoms with Crippen molar-refractivity contribution in [3.63, 3.8) is 0 Å². The fourth-order valence-electron chi connectivity index (χ4n) is 2.81. The van der Waals surface area contributed by atoms with Gasteiger partial charge in [0, 0.05) is 22.8 Å². The summed E-state index contributed by atoms with van der Waals surface area (Å²) in [7, 11) is 0. The molecule has 0 aliphatic rings. The third-order valence-corrected chi connectivity index (χ3v) is 5.05. The highest BCUT2D eigenvalue weighted by Crippen LogP contribution is 2.29. The van der Waals surface area contributed by atoms with Crippen LogP contribution in [-0.4, -0.2) is 31.6 Å². The van der Waals surface area contributed by atoms with Crippen molar-refractivity contribution in [1.29, 1.82) is 0 Å². The Labute approximate surface area is 186 Å². The van der Waals surface area contributed by atoms with Crippen LogP contribution in [0, 0.1) is 6.92 Å². The number of alkyl halides is 2. The summed E-state index contributed by atoms with van der Waals surface area (Å²) in [6, 6.07) is 18.1. The number of carbonyl (C=O) groups excluding carboxylic acids is 1. The maximum atomic E-state index is 12.7. The number of hydrogen-bond donors (Lipinski definition) is 1. The van der Waals surface area contributed by atoms with Crippen molar-refractivity contribution >= 4 is 23.4 Å². The average molecular weight is 453 g/mol. The van der Waals surface area contributed by atoms with E-state index in [0.29, 0.717) is 34.9 Å². The van der Waals surface area contributed by atoms with Crippen molar-refractivity contribution in [3.8, 4) is 17.4 Å². The third-order valence-electron chi connectivity index (χ3n) is 4.27. The minimum absolute atomic E-state index is 0.181. The largest absolute Gasteiger partial charge is 0.438 e. The summed E-state index contributed by atoms with van der Waals surface area (Å²) in [5.41, 5.74) is 1.55. The summed E-state index contributed by atoms with van der Waals surface area (Å²) < 4.78 is 32.7. The minimum atomic E-state index is -2.61. The molecule has 0 bridgehead atoms. The number of rotatable bonds is 7. The molecule has 162 valence electrons. The van der Waals surface area contributed by atoms with Crippen molar-refractivity contribution in [2.24, 2.45) is 0 Å². The molecule has 0 unspecified atom stereocenters. The van der Waals surface area contributed by atoms with E-state index in [0.717, 1.165) is 5.69 Å². The van der Waals surface area contributed by atoms with Crippen LogP contribution < -0.4 is 10.1 Å². The first-order valence-electron chi connectivity index (χ1n) is 9.47. The minimum Gasteiger partial charge on any atom is -0.438 e. The molecule has 10 heteroatoms. The number of anilines is 1. The Bertz CT molecular complexity index is 1210. The summed E-state index contributed by atoms with van der Waals surface area (Å²) in [5.74, 6) is -1.73. The molecule has 0 atom stereocenters. The quantitative estimate of drug-likeness (QED) is 0.381. The van der Waals surface area contributed by atoms with Crippen molar-refractivity contribution in [3.05, 3.63) is 84.2 Å². The second kappa shape index (κ2) is 9.56. The van der Waals surface area contributed by atoms with E-state index in [1.807, 2.05) is 13.0 Å². The summed E-state index contributed by atoms with van der Waals surface area (Å²) in [4.78, 5) is 12.7. The maximum Gasteiger partial charge on any atom is 0.288 e. The maximum absolute atomic E-state index is 12.7. The van der Waals surface area contributed by atoms with Crippen LogP contribution >= 0.6 is 11.8 Å². The highest BCUT2D eigenvalue weighted by atomic mass is 32.2. The standard InChI is InChI=1S/C22H17F2N5O2S/c1-14-12-13-29(28-14)19-10-11-20(27-26-19)31-16-8-6-15(7-9-16)25-21(30)17-4-2-3-5-18(17)32-22(23)24/h2-13,22H,1H3,(H,25,30). The molecule has 4 aromatic rings. The number of nitrogens with one attached hydrogen (secondary N) is 1. The number of aryl methyl sites for hydroxylation is 1. The van der Waals surface area contributed by atoms with Crippen molar-refractivity contribution < 1.29 is 18.3 Å². The van der Waals surface area contributed by atoms with Gasteiger partial charge in [0.2, 0.25) is 5.88 Å². The van der Waals surface area contributed by atoms with Gasteiger partial charge in [0.1, 0.15) is 5.75 Å². The van der Waals surface area contributed by atoms with Gasteiger partial charge in [-0.3, -0.25) is 4.79 Å². The first kappa shape index (κ1) is 21.4. The second-order valence-corrected chi connectivity index (χ2v) is 7.62. The molecular weight excluding hydrogens is 436 g/mol. The Morgan fingerprint density at radius 3 is 2.47 bits per heavy atom. The van der Waals surface area contributed by atoms with Crippen LogP contribution in [-0.2, 0) is 0 Å². The zero-order valence-electron chi connectivity index (χ0n) is 16.8. The fourth-order valence-corrected chi connectivity index (χ4v) is 3.45. The molecule has 7 nitrogen and oxygen atoms in total. The highest BCUT2D eigenvalue weighted by Gasteiger charge is 2.15. The summed E-state index contributed by atoms with van der Waals surface area (Å²) >= 11 is 0.336. The normalized spacial score (nSPS) is 10.9. The van der Waals surface area contributed by atoms with Gasteiger partial charge in [0.25, 0.3) is 11.7 Å². The van der Waals surface area contributed by atoms with E-state index in [1.54, 1.807) is 59.4 Å². The molecule has 0 saturated heterocycles. The predicted molar refractivity (Wildman–Crippen MR) is 117 cm³/mol. The molecule has 1 amide bonds. The fraction of sp³-hybridized carbons (Fsp3) is 0.0909. The lowest BCUT2D eigenvalue weighted by molar-refractivity contribution is 0.102. The Kier molecular flexibility index (Phi) is 6.41. The molecule has 0 saturated carbocycles. The molecule has 0 radical (unpaired) electrons. The predicted octanol–water partition coefficient (Wildman–Crippen LogP) is 5.33. The number of benzene rings is 2. The van der Waals surface area contributed by atoms with E-state index in [4.69, 9.17) is 4.74 Å². The molecule has 0 aliphatic heterocycles. The van der Waals surface area contributed by atoms with Gasteiger partial charge in [-0.05, 0) is 55.5 Å². The smallest absolute Gasteiger partial charge is 0.288 e. The molecule has 2 aromatic carbocycles. The van der Waals surface area contributed by atoms with E-state index in [2.05, 4.69) is 20.6 Å². The van der Waals surface area contributed by atoms with Crippen molar-refractivity contribution in [2.45, 2.75) is 17.6 Å². The number of ether oxygens (including phenoxy) is 1. The number of halogens is 2. The molecule has 0 aliphatic carbocycles. The number of nitrogens with zero attached hydrogens (tertiary/aromatic N) is 4. The van der Waals surface area contributed by atoms with Gasteiger partial charge in [0.15, 0.2) is 5.82 Å². The Morgan fingerprint density at radius 2 is 1.81 bits per heavy atom. The van der Waals surface area contributed by atoms with Crippen LogP contribution in [0.4, 0.5) is 14.5 Å². The Morgan fingerprint density at radius 1 is 1.03 bits per heavy atom. The average Bonchev–Trinajstić information content (AvgIpc) is 3.22. The SMILES string of the molecule is Cc1ccn(-c2ccc(Oc3ccc(NC(=O)c4ccccc4SC(F)F)cc3)nn2)n1. The number of hydrogen-bond acceptors (Lipinski definition) is 6. The molecule has 32 heavy (non-hydrogen) atoms. The monoisotopic (exact) mass is 453 g/mol. The lowest BCUT2D eigenvalue weighted by Gasteiger charge is -2.10. The van der Waals surface area contributed by atoms with Crippen LogP contribution in [0.2, 0.25) is 0 Å². The number of amides is 1. The van der Waals surface area contributed by atoms with Gasteiger partial charge in [0.05, 0.1) is 11.3 Å². The van der Waals surface area contributed by atoms with E-state index in [9.17, 15) is 13.6 Å². The molecule has 0 spiro atoms.